The molecule has 3 rings (SSSR count). The number of benzene rings is 1. The highest BCUT2D eigenvalue weighted by molar-refractivity contribution is 7.09. The molecule has 1 aromatic carbocycles. The van der Waals surface area contributed by atoms with Crippen molar-refractivity contribution in [3.05, 3.63) is 52.5 Å². The van der Waals surface area contributed by atoms with E-state index in [9.17, 15) is 0 Å². The van der Waals surface area contributed by atoms with Crippen LogP contribution < -0.4 is 5.32 Å². The van der Waals surface area contributed by atoms with Gasteiger partial charge >= 0.3 is 0 Å². The van der Waals surface area contributed by atoms with Crippen molar-refractivity contribution in [3.63, 3.8) is 0 Å². The van der Waals surface area contributed by atoms with Crippen LogP contribution in [0.5, 0.6) is 0 Å². The van der Waals surface area contributed by atoms with E-state index in [1.165, 1.54) is 10.6 Å². The van der Waals surface area contributed by atoms with Gasteiger partial charge in [-0.2, -0.15) is 0 Å². The van der Waals surface area contributed by atoms with E-state index in [-0.39, 0.29) is 5.54 Å². The Morgan fingerprint density at radius 3 is 2.90 bits per heavy atom. The van der Waals surface area contributed by atoms with Crippen LogP contribution in [0.4, 0.5) is 0 Å². The van der Waals surface area contributed by atoms with Crippen molar-refractivity contribution in [2.24, 2.45) is 0 Å². The molecule has 2 atom stereocenters. The van der Waals surface area contributed by atoms with Crippen LogP contribution in [0.1, 0.15) is 24.4 Å². The van der Waals surface area contributed by atoms with Crippen LogP contribution >= 0.6 is 11.3 Å². The molecule has 0 spiro atoms. The molecule has 1 fully saturated rings. The minimum atomic E-state index is 0.0189. The summed E-state index contributed by atoms with van der Waals surface area (Å²) in [4.78, 5) is 6.95. The van der Waals surface area contributed by atoms with E-state index in [1.807, 2.05) is 6.20 Å². The standard InChI is InChI=1S/C16H21N3S/c1-13-10-18-16(2,14-6-4-3-5-7-14)12-19(13)11-15-17-8-9-20-15/h3-9,13,18H,10-12H2,1-2H3. The summed E-state index contributed by atoms with van der Waals surface area (Å²) in [5, 5.41) is 6.97. The summed E-state index contributed by atoms with van der Waals surface area (Å²) in [6.45, 7) is 7.55. The Hall–Kier alpha value is -1.23. The summed E-state index contributed by atoms with van der Waals surface area (Å²) in [7, 11) is 0. The third-order valence-electron chi connectivity index (χ3n) is 4.16. The lowest BCUT2D eigenvalue weighted by atomic mass is 9.88. The first-order valence-electron chi connectivity index (χ1n) is 7.10. The number of thiazole rings is 1. The van der Waals surface area contributed by atoms with Crippen LogP contribution in [0, 0.1) is 0 Å². The average Bonchev–Trinajstić information content (AvgIpc) is 2.97. The third-order valence-corrected chi connectivity index (χ3v) is 4.93. The van der Waals surface area contributed by atoms with E-state index in [4.69, 9.17) is 0 Å². The van der Waals surface area contributed by atoms with Crippen LogP contribution in [-0.4, -0.2) is 29.0 Å². The molecule has 1 aliphatic rings. The number of rotatable bonds is 3. The van der Waals surface area contributed by atoms with Crippen molar-refractivity contribution < 1.29 is 0 Å². The van der Waals surface area contributed by atoms with E-state index in [2.05, 4.69) is 64.8 Å². The van der Waals surface area contributed by atoms with Crippen LogP contribution in [-0.2, 0) is 12.1 Å². The highest BCUT2D eigenvalue weighted by Crippen LogP contribution is 2.27. The molecule has 1 N–H and O–H groups in total. The Morgan fingerprint density at radius 1 is 1.40 bits per heavy atom. The van der Waals surface area contributed by atoms with Crippen molar-refractivity contribution in [1.29, 1.82) is 0 Å². The predicted octanol–water partition coefficient (Wildman–Crippen LogP) is 2.85. The first-order chi connectivity index (χ1) is 9.67. The molecule has 2 unspecified atom stereocenters. The van der Waals surface area contributed by atoms with Gasteiger partial charge in [0.05, 0.1) is 12.1 Å². The summed E-state index contributed by atoms with van der Waals surface area (Å²) in [5.74, 6) is 0. The average molecular weight is 287 g/mol. The fraction of sp³-hybridized carbons (Fsp3) is 0.438. The lowest BCUT2D eigenvalue weighted by Gasteiger charge is -2.45. The Labute approximate surface area is 124 Å². The molecule has 106 valence electrons. The van der Waals surface area contributed by atoms with Gasteiger partial charge in [-0.15, -0.1) is 11.3 Å². The maximum absolute atomic E-state index is 4.42. The normalized spacial score (nSPS) is 27.6. The first kappa shape index (κ1) is 13.7. The van der Waals surface area contributed by atoms with Gasteiger partial charge in [-0.05, 0) is 19.4 Å². The van der Waals surface area contributed by atoms with Crippen molar-refractivity contribution in [2.45, 2.75) is 32.0 Å². The molecule has 4 heteroatoms. The van der Waals surface area contributed by atoms with Gasteiger partial charge in [-0.25, -0.2) is 4.98 Å². The summed E-state index contributed by atoms with van der Waals surface area (Å²) in [6, 6.07) is 11.3. The van der Waals surface area contributed by atoms with Crippen LogP contribution in [0.25, 0.3) is 0 Å². The van der Waals surface area contributed by atoms with Crippen molar-refractivity contribution in [2.75, 3.05) is 13.1 Å². The molecule has 1 aliphatic heterocycles. The molecule has 0 bridgehead atoms. The highest BCUT2D eigenvalue weighted by atomic mass is 32.1. The van der Waals surface area contributed by atoms with Crippen LogP contribution in [0.2, 0.25) is 0 Å². The quantitative estimate of drug-likeness (QED) is 0.941. The van der Waals surface area contributed by atoms with E-state index in [0.717, 1.165) is 19.6 Å². The largest absolute Gasteiger partial charge is 0.305 e. The third kappa shape index (κ3) is 2.77. The number of nitrogens with one attached hydrogen (secondary N) is 1. The van der Waals surface area contributed by atoms with Crippen molar-refractivity contribution in [1.82, 2.24) is 15.2 Å². The van der Waals surface area contributed by atoms with E-state index in [0.29, 0.717) is 6.04 Å². The predicted molar refractivity (Wildman–Crippen MR) is 83.8 cm³/mol. The zero-order valence-corrected chi connectivity index (χ0v) is 12.9. The Balaban J connectivity index is 1.78. The van der Waals surface area contributed by atoms with Gasteiger partial charge in [0.2, 0.25) is 0 Å². The molecule has 3 nitrogen and oxygen atoms in total. The lowest BCUT2D eigenvalue weighted by Crippen LogP contribution is -2.59. The Bertz CT molecular complexity index is 540. The topological polar surface area (TPSA) is 28.2 Å². The summed E-state index contributed by atoms with van der Waals surface area (Å²) in [5.41, 5.74) is 1.38. The minimum absolute atomic E-state index is 0.0189. The summed E-state index contributed by atoms with van der Waals surface area (Å²) < 4.78 is 0. The molecule has 1 saturated heterocycles. The van der Waals surface area contributed by atoms with E-state index in [1.54, 1.807) is 11.3 Å². The van der Waals surface area contributed by atoms with Gasteiger partial charge in [0.15, 0.2) is 0 Å². The van der Waals surface area contributed by atoms with Gasteiger partial charge in [-0.1, -0.05) is 30.3 Å². The summed E-state index contributed by atoms with van der Waals surface area (Å²) >= 11 is 1.74. The van der Waals surface area contributed by atoms with Crippen molar-refractivity contribution >= 4 is 11.3 Å². The molecular weight excluding hydrogens is 266 g/mol. The maximum atomic E-state index is 4.42. The minimum Gasteiger partial charge on any atom is -0.305 e. The second-order valence-corrected chi connectivity index (χ2v) is 6.74. The van der Waals surface area contributed by atoms with Crippen molar-refractivity contribution in [3.8, 4) is 0 Å². The SMILES string of the molecule is CC1CNC(C)(c2ccccc2)CN1Cc1nccs1. The molecule has 0 aliphatic carbocycles. The lowest BCUT2D eigenvalue weighted by molar-refractivity contribution is 0.0877. The number of piperazine rings is 1. The zero-order valence-electron chi connectivity index (χ0n) is 12.0. The van der Waals surface area contributed by atoms with Gasteiger partial charge in [0, 0.05) is 30.7 Å². The highest BCUT2D eigenvalue weighted by Gasteiger charge is 2.35. The molecular formula is C16H21N3S. The number of nitrogens with zero attached hydrogens (tertiary/aromatic N) is 2. The van der Waals surface area contributed by atoms with Crippen LogP contribution in [0.15, 0.2) is 41.9 Å². The van der Waals surface area contributed by atoms with Gasteiger partial charge in [-0.3, -0.25) is 4.90 Å². The molecule has 0 saturated carbocycles. The Morgan fingerprint density at radius 2 is 2.20 bits per heavy atom. The monoisotopic (exact) mass is 287 g/mol. The van der Waals surface area contributed by atoms with Crippen LogP contribution in [0.3, 0.4) is 0 Å². The first-order valence-corrected chi connectivity index (χ1v) is 7.98. The van der Waals surface area contributed by atoms with Gasteiger partial charge < -0.3 is 5.32 Å². The molecule has 2 aromatic rings. The zero-order chi connectivity index (χ0) is 14.0. The number of hydrogen-bond acceptors (Lipinski definition) is 4. The van der Waals surface area contributed by atoms with E-state index < -0.39 is 0 Å². The maximum Gasteiger partial charge on any atom is 0.107 e. The second kappa shape index (κ2) is 5.64. The second-order valence-electron chi connectivity index (χ2n) is 5.76. The molecule has 0 amide bonds. The van der Waals surface area contributed by atoms with Gasteiger partial charge in [0.1, 0.15) is 5.01 Å². The summed E-state index contributed by atoms with van der Waals surface area (Å²) in [6.07, 6.45) is 1.89. The molecule has 20 heavy (non-hydrogen) atoms. The van der Waals surface area contributed by atoms with Gasteiger partial charge in [0.25, 0.3) is 0 Å². The fourth-order valence-electron chi connectivity index (χ4n) is 2.84. The molecule has 1 aromatic heterocycles. The molecule has 2 heterocycles. The number of aromatic nitrogens is 1. The Kier molecular flexibility index (Phi) is 3.87. The smallest absolute Gasteiger partial charge is 0.107 e. The molecule has 0 radical (unpaired) electrons. The number of hydrogen-bond donors (Lipinski definition) is 1. The fourth-order valence-corrected chi connectivity index (χ4v) is 3.48. The van der Waals surface area contributed by atoms with E-state index >= 15 is 0 Å².